The van der Waals surface area contributed by atoms with Crippen LogP contribution >= 0.6 is 11.3 Å². The summed E-state index contributed by atoms with van der Waals surface area (Å²) in [5.74, 6) is -0.373. The van der Waals surface area contributed by atoms with Gasteiger partial charge in [0.25, 0.3) is 5.91 Å². The largest absolute Gasteiger partial charge is 0.397 e. The molecule has 0 spiro atoms. The number of rotatable bonds is 3. The molecule has 0 aromatic carbocycles. The van der Waals surface area contributed by atoms with Gasteiger partial charge in [-0.3, -0.25) is 10.1 Å². The van der Waals surface area contributed by atoms with Crippen LogP contribution in [0.25, 0.3) is 0 Å². The van der Waals surface area contributed by atoms with E-state index in [1.165, 1.54) is 17.5 Å². The van der Waals surface area contributed by atoms with Crippen molar-refractivity contribution in [1.82, 2.24) is 15.2 Å². The summed E-state index contributed by atoms with van der Waals surface area (Å²) < 4.78 is 0. The highest BCUT2D eigenvalue weighted by atomic mass is 32.1. The lowest BCUT2D eigenvalue weighted by atomic mass is 10.3. The Labute approximate surface area is 102 Å². The lowest BCUT2D eigenvalue weighted by Crippen LogP contribution is -2.15. The lowest BCUT2D eigenvalue weighted by Gasteiger charge is -2.02. The minimum Gasteiger partial charge on any atom is -0.397 e. The van der Waals surface area contributed by atoms with E-state index in [-0.39, 0.29) is 11.6 Å². The van der Waals surface area contributed by atoms with Gasteiger partial charge in [-0.1, -0.05) is 18.3 Å². The summed E-state index contributed by atoms with van der Waals surface area (Å²) in [5, 5.41) is 11.7. The molecule has 7 heteroatoms. The van der Waals surface area contributed by atoms with Gasteiger partial charge in [0.1, 0.15) is 5.01 Å². The second-order valence-corrected chi connectivity index (χ2v) is 4.31. The van der Waals surface area contributed by atoms with E-state index in [4.69, 9.17) is 5.73 Å². The molecular weight excluding hydrogens is 238 g/mol. The number of pyridine rings is 1. The molecular formula is C10H11N5OS. The number of hydrogen-bond donors (Lipinski definition) is 2. The van der Waals surface area contributed by atoms with Crippen LogP contribution in [-0.2, 0) is 6.42 Å². The Balaban J connectivity index is 2.14. The Kier molecular flexibility index (Phi) is 3.29. The van der Waals surface area contributed by atoms with Crippen molar-refractivity contribution >= 4 is 28.1 Å². The molecule has 0 saturated heterocycles. The average Bonchev–Trinajstić information content (AvgIpc) is 2.77. The van der Waals surface area contributed by atoms with Gasteiger partial charge in [0.2, 0.25) is 5.13 Å². The molecule has 0 unspecified atom stereocenters. The fraction of sp³-hybridized carbons (Fsp3) is 0.200. The van der Waals surface area contributed by atoms with E-state index in [1.54, 1.807) is 12.1 Å². The van der Waals surface area contributed by atoms with E-state index in [0.29, 0.717) is 10.8 Å². The molecule has 2 aromatic heterocycles. The number of carbonyl (C=O) groups is 1. The van der Waals surface area contributed by atoms with Crippen LogP contribution < -0.4 is 11.1 Å². The summed E-state index contributed by atoms with van der Waals surface area (Å²) >= 11 is 1.34. The quantitative estimate of drug-likeness (QED) is 0.855. The molecule has 0 bridgehead atoms. The Bertz CT molecular complexity index is 539. The third kappa shape index (κ3) is 2.56. The van der Waals surface area contributed by atoms with Gasteiger partial charge in [-0.25, -0.2) is 4.98 Å². The van der Waals surface area contributed by atoms with E-state index in [2.05, 4.69) is 20.5 Å². The second kappa shape index (κ2) is 4.88. The number of nitrogens with two attached hydrogens (primary N) is 1. The fourth-order valence-electron chi connectivity index (χ4n) is 1.21. The molecule has 2 aromatic rings. The van der Waals surface area contributed by atoms with Crippen LogP contribution in [0.5, 0.6) is 0 Å². The average molecular weight is 249 g/mol. The Hall–Kier alpha value is -2.02. The second-order valence-electron chi connectivity index (χ2n) is 3.25. The van der Waals surface area contributed by atoms with Gasteiger partial charge in [0.15, 0.2) is 5.69 Å². The third-order valence-corrected chi connectivity index (χ3v) is 3.03. The van der Waals surface area contributed by atoms with Crippen LogP contribution in [0.4, 0.5) is 10.8 Å². The summed E-state index contributed by atoms with van der Waals surface area (Å²) in [6.45, 7) is 1.98. The molecule has 0 radical (unpaired) electrons. The molecule has 0 atom stereocenters. The molecule has 88 valence electrons. The molecule has 3 N–H and O–H groups in total. The van der Waals surface area contributed by atoms with E-state index < -0.39 is 0 Å². The van der Waals surface area contributed by atoms with Crippen LogP contribution in [0.2, 0.25) is 0 Å². The minimum absolute atomic E-state index is 0.195. The number of aromatic nitrogens is 3. The van der Waals surface area contributed by atoms with Crippen molar-refractivity contribution < 1.29 is 4.79 Å². The van der Waals surface area contributed by atoms with Crippen LogP contribution in [0.15, 0.2) is 18.3 Å². The highest BCUT2D eigenvalue weighted by Crippen LogP contribution is 2.17. The molecule has 0 aliphatic carbocycles. The van der Waals surface area contributed by atoms with Crippen molar-refractivity contribution in [2.45, 2.75) is 13.3 Å². The maximum Gasteiger partial charge on any atom is 0.278 e. The zero-order chi connectivity index (χ0) is 12.3. The van der Waals surface area contributed by atoms with Gasteiger partial charge in [-0.2, -0.15) is 0 Å². The van der Waals surface area contributed by atoms with Gasteiger partial charge in [0, 0.05) is 6.20 Å². The summed E-state index contributed by atoms with van der Waals surface area (Å²) in [6, 6.07) is 3.30. The summed E-state index contributed by atoms with van der Waals surface area (Å²) in [4.78, 5) is 15.7. The molecule has 2 heterocycles. The minimum atomic E-state index is -0.373. The Morgan fingerprint density at radius 1 is 1.53 bits per heavy atom. The van der Waals surface area contributed by atoms with Crippen molar-refractivity contribution in [2.24, 2.45) is 0 Å². The van der Waals surface area contributed by atoms with E-state index in [0.717, 1.165) is 11.4 Å². The summed E-state index contributed by atoms with van der Waals surface area (Å²) in [5.41, 5.74) is 6.18. The normalized spacial score (nSPS) is 10.2. The predicted molar refractivity (Wildman–Crippen MR) is 65.9 cm³/mol. The maximum atomic E-state index is 11.8. The SMILES string of the molecule is CCc1nnc(NC(=O)c2ncccc2N)s1. The zero-order valence-corrected chi connectivity index (χ0v) is 9.99. The van der Waals surface area contributed by atoms with Gasteiger partial charge in [-0.05, 0) is 18.6 Å². The Morgan fingerprint density at radius 3 is 3.00 bits per heavy atom. The predicted octanol–water partition coefficient (Wildman–Crippen LogP) is 1.33. The lowest BCUT2D eigenvalue weighted by molar-refractivity contribution is 0.102. The third-order valence-electron chi connectivity index (χ3n) is 2.04. The molecule has 17 heavy (non-hydrogen) atoms. The number of hydrogen-bond acceptors (Lipinski definition) is 6. The molecule has 0 fully saturated rings. The van der Waals surface area contributed by atoms with Crippen LogP contribution in [0.1, 0.15) is 22.4 Å². The molecule has 1 amide bonds. The van der Waals surface area contributed by atoms with E-state index in [9.17, 15) is 4.79 Å². The molecule has 6 nitrogen and oxygen atoms in total. The van der Waals surface area contributed by atoms with Gasteiger partial charge in [0.05, 0.1) is 5.69 Å². The van der Waals surface area contributed by atoms with E-state index in [1.807, 2.05) is 6.92 Å². The number of nitrogens with one attached hydrogen (secondary N) is 1. The van der Waals surface area contributed by atoms with Gasteiger partial charge < -0.3 is 5.73 Å². The van der Waals surface area contributed by atoms with Crippen LogP contribution in [-0.4, -0.2) is 21.1 Å². The van der Waals surface area contributed by atoms with Crippen LogP contribution in [0.3, 0.4) is 0 Å². The fourth-order valence-corrected chi connectivity index (χ4v) is 1.89. The first-order valence-corrected chi connectivity index (χ1v) is 5.86. The molecule has 0 saturated carbocycles. The number of carbonyl (C=O) groups excluding carboxylic acids is 1. The molecule has 0 aliphatic rings. The Morgan fingerprint density at radius 2 is 2.35 bits per heavy atom. The topological polar surface area (TPSA) is 93.8 Å². The standard InChI is InChI=1S/C10H11N5OS/c1-2-7-14-15-10(17-7)13-9(16)8-6(11)4-3-5-12-8/h3-5H,2,11H2,1H3,(H,13,15,16). The van der Waals surface area contributed by atoms with Crippen molar-refractivity contribution in [3.8, 4) is 0 Å². The van der Waals surface area contributed by atoms with Crippen molar-refractivity contribution in [3.63, 3.8) is 0 Å². The monoisotopic (exact) mass is 249 g/mol. The van der Waals surface area contributed by atoms with Crippen molar-refractivity contribution in [2.75, 3.05) is 11.1 Å². The summed E-state index contributed by atoms with van der Waals surface area (Å²) in [7, 11) is 0. The van der Waals surface area contributed by atoms with Crippen molar-refractivity contribution in [1.29, 1.82) is 0 Å². The number of anilines is 2. The molecule has 0 aliphatic heterocycles. The van der Waals surface area contributed by atoms with Crippen LogP contribution in [0, 0.1) is 0 Å². The molecule has 2 rings (SSSR count). The van der Waals surface area contributed by atoms with Gasteiger partial charge >= 0.3 is 0 Å². The highest BCUT2D eigenvalue weighted by molar-refractivity contribution is 7.15. The number of nitrogen functional groups attached to an aromatic ring is 1. The van der Waals surface area contributed by atoms with Crippen molar-refractivity contribution in [3.05, 3.63) is 29.0 Å². The first-order valence-electron chi connectivity index (χ1n) is 5.05. The zero-order valence-electron chi connectivity index (χ0n) is 9.17. The summed E-state index contributed by atoms with van der Waals surface area (Å²) in [6.07, 6.45) is 2.31. The first kappa shape index (κ1) is 11.5. The highest BCUT2D eigenvalue weighted by Gasteiger charge is 2.13. The smallest absolute Gasteiger partial charge is 0.278 e. The number of aryl methyl sites for hydroxylation is 1. The number of nitrogens with zero attached hydrogens (tertiary/aromatic N) is 3. The van der Waals surface area contributed by atoms with E-state index >= 15 is 0 Å². The maximum absolute atomic E-state index is 11.8. The van der Waals surface area contributed by atoms with Gasteiger partial charge in [-0.15, -0.1) is 10.2 Å². The number of amides is 1. The first-order chi connectivity index (χ1) is 8.20.